The van der Waals surface area contributed by atoms with Gasteiger partial charge in [-0.2, -0.15) is 5.10 Å². The van der Waals surface area contributed by atoms with E-state index in [-0.39, 0.29) is 12.1 Å². The van der Waals surface area contributed by atoms with Crippen molar-refractivity contribution in [2.24, 2.45) is 7.05 Å². The standard InChI is InChI=1S/C19H31N5O/c1-22-18-9-5-8-17(16(18)13-20-22)21-19(25)24-12-6-7-15(24)14-23-10-3-2-4-11-23/h13,15,17H,2-12,14H2,1H3,(H,21,25)/t15-,17-/m1/s1. The number of amides is 2. The summed E-state index contributed by atoms with van der Waals surface area (Å²) in [7, 11) is 2.00. The van der Waals surface area contributed by atoms with Gasteiger partial charge in [-0.15, -0.1) is 0 Å². The zero-order valence-corrected chi connectivity index (χ0v) is 15.4. The quantitative estimate of drug-likeness (QED) is 0.915. The Morgan fingerprint density at radius 1 is 1.16 bits per heavy atom. The number of fused-ring (bicyclic) bond motifs is 1. The van der Waals surface area contributed by atoms with Crippen LogP contribution in [0.2, 0.25) is 0 Å². The van der Waals surface area contributed by atoms with Gasteiger partial charge in [0.05, 0.1) is 12.2 Å². The number of carbonyl (C=O) groups excluding carboxylic acids is 1. The van der Waals surface area contributed by atoms with E-state index < -0.39 is 0 Å². The molecule has 25 heavy (non-hydrogen) atoms. The van der Waals surface area contributed by atoms with Gasteiger partial charge in [-0.25, -0.2) is 4.79 Å². The van der Waals surface area contributed by atoms with E-state index in [1.165, 1.54) is 43.6 Å². The molecule has 2 saturated heterocycles. The molecule has 1 aromatic heterocycles. The zero-order valence-electron chi connectivity index (χ0n) is 15.4. The molecule has 3 heterocycles. The minimum Gasteiger partial charge on any atom is -0.331 e. The maximum atomic E-state index is 13.0. The zero-order chi connectivity index (χ0) is 17.2. The van der Waals surface area contributed by atoms with E-state index in [0.717, 1.165) is 45.2 Å². The molecule has 0 saturated carbocycles. The highest BCUT2D eigenvalue weighted by molar-refractivity contribution is 5.75. The van der Waals surface area contributed by atoms with Crippen LogP contribution in [-0.4, -0.2) is 57.8 Å². The third-order valence-electron chi connectivity index (χ3n) is 6.23. The van der Waals surface area contributed by atoms with Crippen molar-refractivity contribution in [1.82, 2.24) is 24.9 Å². The maximum absolute atomic E-state index is 13.0. The van der Waals surface area contributed by atoms with Crippen molar-refractivity contribution in [3.8, 4) is 0 Å². The highest BCUT2D eigenvalue weighted by Crippen LogP contribution is 2.30. The summed E-state index contributed by atoms with van der Waals surface area (Å²) in [6.07, 6.45) is 11.4. The lowest BCUT2D eigenvalue weighted by Gasteiger charge is -2.34. The van der Waals surface area contributed by atoms with Gasteiger partial charge in [-0.1, -0.05) is 6.42 Å². The Bertz CT molecular complexity index is 607. The van der Waals surface area contributed by atoms with E-state index >= 15 is 0 Å². The van der Waals surface area contributed by atoms with Crippen molar-refractivity contribution in [2.75, 3.05) is 26.2 Å². The predicted molar refractivity (Wildman–Crippen MR) is 97.4 cm³/mol. The number of piperidine rings is 1. The van der Waals surface area contributed by atoms with E-state index in [9.17, 15) is 4.79 Å². The summed E-state index contributed by atoms with van der Waals surface area (Å²) < 4.78 is 1.96. The summed E-state index contributed by atoms with van der Waals surface area (Å²) in [5.41, 5.74) is 2.50. The monoisotopic (exact) mass is 345 g/mol. The van der Waals surface area contributed by atoms with Gasteiger partial charge in [-0.3, -0.25) is 4.68 Å². The van der Waals surface area contributed by atoms with Crippen LogP contribution in [-0.2, 0) is 13.5 Å². The lowest BCUT2D eigenvalue weighted by atomic mass is 9.93. The first-order valence-corrected chi connectivity index (χ1v) is 10.0. The molecule has 6 heteroatoms. The number of nitrogens with one attached hydrogen (secondary N) is 1. The van der Waals surface area contributed by atoms with Crippen molar-refractivity contribution in [3.63, 3.8) is 0 Å². The fourth-order valence-corrected chi connectivity index (χ4v) is 4.82. The highest BCUT2D eigenvalue weighted by Gasteiger charge is 2.33. The average Bonchev–Trinajstić information content (AvgIpc) is 3.24. The van der Waals surface area contributed by atoms with Crippen molar-refractivity contribution in [2.45, 2.75) is 63.5 Å². The molecular weight excluding hydrogens is 314 g/mol. The third-order valence-corrected chi connectivity index (χ3v) is 6.23. The molecule has 6 nitrogen and oxygen atoms in total. The van der Waals surface area contributed by atoms with Crippen LogP contribution >= 0.6 is 0 Å². The summed E-state index contributed by atoms with van der Waals surface area (Å²) in [5, 5.41) is 7.70. The minimum absolute atomic E-state index is 0.126. The van der Waals surface area contributed by atoms with Crippen molar-refractivity contribution < 1.29 is 4.79 Å². The van der Waals surface area contributed by atoms with Crippen molar-refractivity contribution in [3.05, 3.63) is 17.5 Å². The number of nitrogens with zero attached hydrogens (tertiary/aromatic N) is 4. The first-order valence-electron chi connectivity index (χ1n) is 10.0. The number of carbonyl (C=O) groups is 1. The minimum atomic E-state index is 0.126. The fraction of sp³-hybridized carbons (Fsp3) is 0.789. The SMILES string of the molecule is Cn1ncc2c1CCC[C@H]2NC(=O)N1CCC[C@@H]1CN1CCCCC1. The molecule has 1 N–H and O–H groups in total. The first-order chi connectivity index (χ1) is 12.2. The number of aryl methyl sites for hydroxylation is 1. The predicted octanol–water partition coefficient (Wildman–Crippen LogP) is 2.46. The van der Waals surface area contributed by atoms with Crippen LogP contribution < -0.4 is 5.32 Å². The van der Waals surface area contributed by atoms with E-state index in [1.54, 1.807) is 0 Å². The van der Waals surface area contributed by atoms with Crippen LogP contribution in [0.3, 0.4) is 0 Å². The molecule has 2 atom stereocenters. The normalized spacial score (nSPS) is 27.3. The Balaban J connectivity index is 1.38. The van der Waals surface area contributed by atoms with Gasteiger partial charge in [0.2, 0.25) is 0 Å². The third kappa shape index (κ3) is 3.54. The van der Waals surface area contributed by atoms with Crippen LogP contribution in [0.5, 0.6) is 0 Å². The number of aromatic nitrogens is 2. The van der Waals surface area contributed by atoms with Gasteiger partial charge in [0.15, 0.2) is 0 Å². The average molecular weight is 345 g/mol. The fourth-order valence-electron chi connectivity index (χ4n) is 4.82. The summed E-state index contributed by atoms with van der Waals surface area (Å²) in [5.74, 6) is 0. The molecule has 2 amide bonds. The first kappa shape index (κ1) is 16.9. The molecule has 2 fully saturated rings. The second-order valence-electron chi connectivity index (χ2n) is 7.92. The van der Waals surface area contributed by atoms with E-state index in [2.05, 4.69) is 20.2 Å². The van der Waals surface area contributed by atoms with Gasteiger partial charge in [0.25, 0.3) is 0 Å². The van der Waals surface area contributed by atoms with E-state index in [0.29, 0.717) is 6.04 Å². The summed E-state index contributed by atoms with van der Waals surface area (Å²) >= 11 is 0. The Hall–Kier alpha value is -1.56. The second-order valence-corrected chi connectivity index (χ2v) is 7.92. The van der Waals surface area contributed by atoms with Gasteiger partial charge < -0.3 is 15.1 Å². The second kappa shape index (κ2) is 7.36. The Morgan fingerprint density at radius 2 is 2.00 bits per heavy atom. The molecule has 1 aromatic rings. The number of urea groups is 1. The molecule has 4 rings (SSSR count). The smallest absolute Gasteiger partial charge is 0.318 e. The Kier molecular flexibility index (Phi) is 4.97. The highest BCUT2D eigenvalue weighted by atomic mass is 16.2. The summed E-state index contributed by atoms with van der Waals surface area (Å²) in [6.45, 7) is 4.36. The lowest BCUT2D eigenvalue weighted by molar-refractivity contribution is 0.151. The number of likely N-dealkylation sites (tertiary alicyclic amines) is 2. The molecule has 0 unspecified atom stereocenters. The number of rotatable bonds is 3. The molecule has 0 spiro atoms. The largest absolute Gasteiger partial charge is 0.331 e. The van der Waals surface area contributed by atoms with Crippen LogP contribution in [0.25, 0.3) is 0 Å². The Labute approximate surface area is 150 Å². The maximum Gasteiger partial charge on any atom is 0.318 e. The summed E-state index contributed by atoms with van der Waals surface area (Å²) in [4.78, 5) is 17.6. The Morgan fingerprint density at radius 3 is 2.84 bits per heavy atom. The van der Waals surface area contributed by atoms with Gasteiger partial charge in [0, 0.05) is 37.4 Å². The molecule has 0 bridgehead atoms. The van der Waals surface area contributed by atoms with Crippen LogP contribution in [0.1, 0.15) is 62.2 Å². The molecule has 3 aliphatic rings. The van der Waals surface area contributed by atoms with Crippen molar-refractivity contribution in [1.29, 1.82) is 0 Å². The number of hydrogen-bond acceptors (Lipinski definition) is 3. The van der Waals surface area contributed by atoms with Crippen molar-refractivity contribution >= 4 is 6.03 Å². The molecule has 2 aliphatic heterocycles. The van der Waals surface area contributed by atoms with Crippen LogP contribution in [0.4, 0.5) is 4.79 Å². The lowest BCUT2D eigenvalue weighted by Crippen LogP contribution is -2.49. The molecule has 138 valence electrons. The van der Waals surface area contributed by atoms with Crippen LogP contribution in [0.15, 0.2) is 6.20 Å². The van der Waals surface area contributed by atoms with Crippen LogP contribution in [0, 0.1) is 0 Å². The van der Waals surface area contributed by atoms with Gasteiger partial charge >= 0.3 is 6.03 Å². The van der Waals surface area contributed by atoms with E-state index in [1.807, 2.05) is 17.9 Å². The molecule has 0 radical (unpaired) electrons. The van der Waals surface area contributed by atoms with Gasteiger partial charge in [0.1, 0.15) is 0 Å². The molecular formula is C19H31N5O. The number of hydrogen-bond donors (Lipinski definition) is 1. The van der Waals surface area contributed by atoms with E-state index in [4.69, 9.17) is 0 Å². The molecule has 0 aromatic carbocycles. The summed E-state index contributed by atoms with van der Waals surface area (Å²) in [6, 6.07) is 0.637. The topological polar surface area (TPSA) is 53.4 Å². The van der Waals surface area contributed by atoms with Gasteiger partial charge in [-0.05, 0) is 58.0 Å². The molecule has 1 aliphatic carbocycles.